The highest BCUT2D eigenvalue weighted by atomic mass is 32.1. The summed E-state index contributed by atoms with van der Waals surface area (Å²) in [6, 6.07) is 1.99. The minimum Gasteiger partial charge on any atom is -0.469 e. The third kappa shape index (κ3) is 2.42. The number of hydrogen-bond acceptors (Lipinski definition) is 4. The molecular formula is C13H18N2OS. The van der Waals surface area contributed by atoms with Crippen molar-refractivity contribution >= 4 is 11.3 Å². The molecule has 0 bridgehead atoms. The van der Waals surface area contributed by atoms with Crippen LogP contribution in [0, 0.1) is 6.92 Å². The number of aryl methyl sites for hydroxylation is 1. The summed E-state index contributed by atoms with van der Waals surface area (Å²) < 4.78 is 5.34. The molecule has 17 heavy (non-hydrogen) atoms. The van der Waals surface area contributed by atoms with E-state index in [-0.39, 0.29) is 0 Å². The van der Waals surface area contributed by atoms with Crippen LogP contribution in [0.25, 0.3) is 10.6 Å². The molecule has 0 aliphatic carbocycles. The lowest BCUT2D eigenvalue weighted by molar-refractivity contribution is 0.535. The van der Waals surface area contributed by atoms with Crippen molar-refractivity contribution in [2.75, 3.05) is 7.05 Å². The molecule has 0 aliphatic rings. The summed E-state index contributed by atoms with van der Waals surface area (Å²) in [6.07, 6.45) is 1.72. The Morgan fingerprint density at radius 3 is 2.76 bits per heavy atom. The zero-order chi connectivity index (χ0) is 12.4. The van der Waals surface area contributed by atoms with Crippen molar-refractivity contribution in [2.45, 2.75) is 33.2 Å². The molecule has 0 fully saturated rings. The van der Waals surface area contributed by atoms with Crippen molar-refractivity contribution in [3.8, 4) is 10.6 Å². The summed E-state index contributed by atoms with van der Waals surface area (Å²) in [5.41, 5.74) is 2.30. The van der Waals surface area contributed by atoms with Crippen LogP contribution in [0.1, 0.15) is 36.1 Å². The largest absolute Gasteiger partial charge is 0.469 e. The molecule has 0 amide bonds. The molecule has 0 saturated heterocycles. The molecule has 0 radical (unpaired) electrons. The fourth-order valence-electron chi connectivity index (χ4n) is 1.82. The first-order valence-electron chi connectivity index (χ1n) is 5.82. The van der Waals surface area contributed by atoms with Crippen molar-refractivity contribution < 1.29 is 4.42 Å². The van der Waals surface area contributed by atoms with Crippen LogP contribution in [0.3, 0.4) is 0 Å². The van der Waals surface area contributed by atoms with Crippen molar-refractivity contribution in [3.63, 3.8) is 0 Å². The first kappa shape index (κ1) is 12.3. The Morgan fingerprint density at radius 1 is 1.47 bits per heavy atom. The Kier molecular flexibility index (Phi) is 3.64. The smallest absolute Gasteiger partial charge is 0.127 e. The minimum absolute atomic E-state index is 0.454. The molecule has 0 unspecified atom stereocenters. The highest BCUT2D eigenvalue weighted by molar-refractivity contribution is 7.15. The van der Waals surface area contributed by atoms with Gasteiger partial charge in [0, 0.05) is 11.4 Å². The zero-order valence-corrected chi connectivity index (χ0v) is 11.5. The molecule has 1 N–H and O–H groups in total. The van der Waals surface area contributed by atoms with Crippen molar-refractivity contribution in [1.29, 1.82) is 0 Å². The van der Waals surface area contributed by atoms with Crippen LogP contribution in [-0.2, 0) is 6.54 Å². The predicted molar refractivity (Wildman–Crippen MR) is 71.4 cm³/mol. The van der Waals surface area contributed by atoms with Gasteiger partial charge in [-0.1, -0.05) is 13.8 Å². The predicted octanol–water partition coefficient (Wildman–Crippen LogP) is 3.55. The normalized spacial score (nSPS) is 11.4. The van der Waals surface area contributed by atoms with E-state index in [1.165, 1.54) is 10.6 Å². The molecule has 2 aromatic heterocycles. The fourth-order valence-corrected chi connectivity index (χ4v) is 3.13. The Balaban J connectivity index is 2.43. The molecule has 92 valence electrons. The SMILES string of the molecule is CNCc1sc(-c2ccoc2C)nc1C(C)C. The summed E-state index contributed by atoms with van der Waals surface area (Å²) in [7, 11) is 1.96. The van der Waals surface area contributed by atoms with Crippen LogP contribution in [0.4, 0.5) is 0 Å². The van der Waals surface area contributed by atoms with E-state index in [0.717, 1.165) is 22.9 Å². The molecule has 0 spiro atoms. The zero-order valence-electron chi connectivity index (χ0n) is 10.7. The van der Waals surface area contributed by atoms with E-state index in [4.69, 9.17) is 9.40 Å². The number of nitrogens with zero attached hydrogens (tertiary/aromatic N) is 1. The summed E-state index contributed by atoms with van der Waals surface area (Å²) in [4.78, 5) is 6.07. The Morgan fingerprint density at radius 2 is 2.24 bits per heavy atom. The third-order valence-electron chi connectivity index (χ3n) is 2.70. The second-order valence-corrected chi connectivity index (χ2v) is 5.49. The van der Waals surface area contributed by atoms with Crippen molar-refractivity contribution in [1.82, 2.24) is 10.3 Å². The molecule has 0 aliphatic heterocycles. The van der Waals surface area contributed by atoms with E-state index in [2.05, 4.69) is 19.2 Å². The van der Waals surface area contributed by atoms with Gasteiger partial charge in [-0.2, -0.15) is 0 Å². The molecule has 2 rings (SSSR count). The van der Waals surface area contributed by atoms with Gasteiger partial charge in [0.25, 0.3) is 0 Å². The lowest BCUT2D eigenvalue weighted by Crippen LogP contribution is -2.06. The average molecular weight is 250 g/mol. The van der Waals surface area contributed by atoms with Gasteiger partial charge in [0.05, 0.1) is 17.5 Å². The summed E-state index contributed by atoms with van der Waals surface area (Å²) in [6.45, 7) is 7.21. The Labute approximate surface area is 106 Å². The summed E-state index contributed by atoms with van der Waals surface area (Å²) in [5, 5.41) is 4.26. The molecule has 0 saturated carbocycles. The van der Waals surface area contributed by atoms with Gasteiger partial charge in [0.1, 0.15) is 10.8 Å². The molecule has 0 aromatic carbocycles. The van der Waals surface area contributed by atoms with Gasteiger partial charge in [-0.25, -0.2) is 4.98 Å². The number of thiazole rings is 1. The quantitative estimate of drug-likeness (QED) is 0.901. The molecule has 2 aromatic rings. The first-order valence-corrected chi connectivity index (χ1v) is 6.63. The number of furan rings is 1. The lowest BCUT2D eigenvalue weighted by atomic mass is 10.1. The van der Waals surface area contributed by atoms with Gasteiger partial charge in [0.15, 0.2) is 0 Å². The first-order chi connectivity index (χ1) is 8.13. The van der Waals surface area contributed by atoms with Crippen LogP contribution >= 0.6 is 11.3 Å². The Bertz CT molecular complexity index is 499. The van der Waals surface area contributed by atoms with Crippen molar-refractivity contribution in [2.24, 2.45) is 0 Å². The maximum absolute atomic E-state index is 5.34. The maximum Gasteiger partial charge on any atom is 0.127 e. The molecule has 4 heteroatoms. The van der Waals surface area contributed by atoms with Gasteiger partial charge >= 0.3 is 0 Å². The third-order valence-corrected chi connectivity index (χ3v) is 3.81. The van der Waals surface area contributed by atoms with Crippen LogP contribution < -0.4 is 5.32 Å². The molecule has 2 heterocycles. The van der Waals surface area contributed by atoms with Gasteiger partial charge in [-0.3, -0.25) is 0 Å². The van der Waals surface area contributed by atoms with E-state index < -0.39 is 0 Å². The van der Waals surface area contributed by atoms with E-state index in [0.29, 0.717) is 5.92 Å². The van der Waals surface area contributed by atoms with E-state index >= 15 is 0 Å². The summed E-state index contributed by atoms with van der Waals surface area (Å²) >= 11 is 1.75. The molecule has 3 nitrogen and oxygen atoms in total. The second kappa shape index (κ2) is 5.02. The number of nitrogens with one attached hydrogen (secondary N) is 1. The van der Waals surface area contributed by atoms with Crippen molar-refractivity contribution in [3.05, 3.63) is 28.7 Å². The second-order valence-electron chi connectivity index (χ2n) is 4.40. The monoisotopic (exact) mass is 250 g/mol. The van der Waals surface area contributed by atoms with Gasteiger partial charge < -0.3 is 9.73 Å². The number of rotatable bonds is 4. The van der Waals surface area contributed by atoms with E-state index in [9.17, 15) is 0 Å². The lowest BCUT2D eigenvalue weighted by Gasteiger charge is -2.03. The fraction of sp³-hybridized carbons (Fsp3) is 0.462. The van der Waals surface area contributed by atoms with Crippen LogP contribution in [0.2, 0.25) is 0 Å². The molecular weight excluding hydrogens is 232 g/mol. The number of hydrogen-bond donors (Lipinski definition) is 1. The minimum atomic E-state index is 0.454. The highest BCUT2D eigenvalue weighted by Gasteiger charge is 2.16. The Hall–Kier alpha value is -1.13. The van der Waals surface area contributed by atoms with Crippen LogP contribution in [-0.4, -0.2) is 12.0 Å². The standard InChI is InChI=1S/C13H18N2OS/c1-8(2)12-11(7-14-4)17-13(15-12)10-5-6-16-9(10)3/h5-6,8,14H,7H2,1-4H3. The van der Waals surface area contributed by atoms with Gasteiger partial charge in [-0.15, -0.1) is 11.3 Å². The van der Waals surface area contributed by atoms with Gasteiger partial charge in [-0.05, 0) is 26.0 Å². The van der Waals surface area contributed by atoms with E-state index in [1.807, 2.05) is 20.0 Å². The van der Waals surface area contributed by atoms with Crippen LogP contribution in [0.5, 0.6) is 0 Å². The highest BCUT2D eigenvalue weighted by Crippen LogP contribution is 2.33. The maximum atomic E-state index is 5.34. The number of aromatic nitrogens is 1. The van der Waals surface area contributed by atoms with E-state index in [1.54, 1.807) is 17.6 Å². The van der Waals surface area contributed by atoms with Crippen LogP contribution in [0.15, 0.2) is 16.7 Å². The summed E-state index contributed by atoms with van der Waals surface area (Å²) in [5.74, 6) is 1.39. The topological polar surface area (TPSA) is 38.1 Å². The van der Waals surface area contributed by atoms with Gasteiger partial charge in [0.2, 0.25) is 0 Å². The average Bonchev–Trinajstić information content (AvgIpc) is 2.84. The molecule has 0 atom stereocenters.